The van der Waals surface area contributed by atoms with Gasteiger partial charge in [0.25, 0.3) is 0 Å². The average molecular weight is 158 g/mol. The van der Waals surface area contributed by atoms with Crippen molar-refractivity contribution >= 4 is 5.97 Å². The van der Waals surface area contributed by atoms with Crippen molar-refractivity contribution in [3.8, 4) is 0 Å². The third-order valence-electron chi connectivity index (χ3n) is 2.47. The van der Waals surface area contributed by atoms with Gasteiger partial charge in [-0.25, -0.2) is 0 Å². The van der Waals surface area contributed by atoms with Crippen LogP contribution in [0.1, 0.15) is 20.8 Å². The normalized spacial score (nSPS) is 45.3. The summed E-state index contributed by atoms with van der Waals surface area (Å²) < 4.78 is 4.98. The molecule has 4 atom stereocenters. The molecule has 0 radical (unpaired) electrons. The lowest BCUT2D eigenvalue weighted by molar-refractivity contribution is -0.175. The van der Waals surface area contributed by atoms with Crippen LogP contribution in [0, 0.1) is 11.8 Å². The van der Waals surface area contributed by atoms with Gasteiger partial charge in [-0.05, 0) is 13.8 Å². The molecule has 64 valence electrons. The van der Waals surface area contributed by atoms with Crippen LogP contribution >= 0.6 is 0 Å². The number of esters is 1. The summed E-state index contributed by atoms with van der Waals surface area (Å²) >= 11 is 0. The second-order valence-corrected chi connectivity index (χ2v) is 3.28. The molecule has 1 heterocycles. The number of hydrogen-bond donors (Lipinski definition) is 1. The highest BCUT2D eigenvalue weighted by Gasteiger charge is 2.37. The second-order valence-electron chi connectivity index (χ2n) is 3.28. The van der Waals surface area contributed by atoms with Crippen LogP contribution in [0.5, 0.6) is 0 Å². The molecule has 1 saturated heterocycles. The van der Waals surface area contributed by atoms with Gasteiger partial charge in [0.2, 0.25) is 0 Å². The summed E-state index contributed by atoms with van der Waals surface area (Å²) in [5, 5.41) is 9.49. The van der Waals surface area contributed by atoms with E-state index in [1.807, 2.05) is 6.92 Å². The Bertz CT molecular complexity index is 167. The number of cyclic esters (lactones) is 1. The lowest BCUT2D eigenvalue weighted by Crippen LogP contribution is -2.45. The van der Waals surface area contributed by atoms with Crippen molar-refractivity contribution in [1.29, 1.82) is 0 Å². The molecule has 3 nitrogen and oxygen atoms in total. The highest BCUT2D eigenvalue weighted by atomic mass is 16.5. The fraction of sp³-hybridized carbons (Fsp3) is 0.875. The number of hydrogen-bond acceptors (Lipinski definition) is 3. The monoisotopic (exact) mass is 158 g/mol. The molecule has 0 saturated carbocycles. The van der Waals surface area contributed by atoms with Gasteiger partial charge >= 0.3 is 5.97 Å². The topological polar surface area (TPSA) is 46.5 Å². The molecule has 0 aromatic rings. The Hall–Kier alpha value is -0.570. The van der Waals surface area contributed by atoms with Gasteiger partial charge in [0.1, 0.15) is 6.10 Å². The molecule has 0 spiro atoms. The quantitative estimate of drug-likeness (QED) is 0.524. The second kappa shape index (κ2) is 2.81. The smallest absolute Gasteiger partial charge is 0.311 e. The maximum atomic E-state index is 11.0. The minimum absolute atomic E-state index is 0.0442. The molecular formula is C8H14O3. The maximum absolute atomic E-state index is 11.0. The van der Waals surface area contributed by atoms with Crippen molar-refractivity contribution in [2.24, 2.45) is 11.8 Å². The Morgan fingerprint density at radius 1 is 1.36 bits per heavy atom. The first-order valence-corrected chi connectivity index (χ1v) is 3.92. The molecule has 1 N–H and O–H groups in total. The van der Waals surface area contributed by atoms with E-state index in [2.05, 4.69) is 0 Å². The number of carbonyl (C=O) groups excluding carboxylic acids is 1. The van der Waals surface area contributed by atoms with Gasteiger partial charge in [0.15, 0.2) is 0 Å². The van der Waals surface area contributed by atoms with Crippen LogP contribution in [0.2, 0.25) is 0 Å². The summed E-state index contributed by atoms with van der Waals surface area (Å²) in [6.45, 7) is 5.38. The Balaban J connectivity index is 2.70. The van der Waals surface area contributed by atoms with Crippen LogP contribution in [0.4, 0.5) is 0 Å². The van der Waals surface area contributed by atoms with E-state index in [4.69, 9.17) is 4.74 Å². The van der Waals surface area contributed by atoms with Gasteiger partial charge in [-0.1, -0.05) is 6.92 Å². The van der Waals surface area contributed by atoms with Crippen LogP contribution in [-0.4, -0.2) is 23.3 Å². The molecule has 0 bridgehead atoms. The molecule has 1 aliphatic rings. The van der Waals surface area contributed by atoms with E-state index in [1.54, 1.807) is 13.8 Å². The Morgan fingerprint density at radius 2 is 1.91 bits per heavy atom. The van der Waals surface area contributed by atoms with Gasteiger partial charge in [-0.2, -0.15) is 0 Å². The van der Waals surface area contributed by atoms with E-state index in [0.717, 1.165) is 0 Å². The highest BCUT2D eigenvalue weighted by Crippen LogP contribution is 2.25. The van der Waals surface area contributed by atoms with Crippen molar-refractivity contribution < 1.29 is 14.6 Å². The van der Waals surface area contributed by atoms with Crippen LogP contribution < -0.4 is 0 Å². The minimum Gasteiger partial charge on any atom is -0.462 e. The van der Waals surface area contributed by atoms with Crippen molar-refractivity contribution in [2.45, 2.75) is 33.0 Å². The summed E-state index contributed by atoms with van der Waals surface area (Å²) in [6, 6.07) is 0. The van der Waals surface area contributed by atoms with Gasteiger partial charge in [0.05, 0.1) is 12.0 Å². The van der Waals surface area contributed by atoms with Crippen LogP contribution in [0.15, 0.2) is 0 Å². The van der Waals surface area contributed by atoms with Crippen LogP contribution in [0.25, 0.3) is 0 Å². The van der Waals surface area contributed by atoms with E-state index in [1.165, 1.54) is 0 Å². The standard InChI is InChI=1S/C8H14O3/c1-4-6(3)11-8(10)5(2)7(4)9/h4-7,9H,1-3H3/t4-,5-,6-,7+/m0/s1. The molecule has 0 aliphatic carbocycles. The van der Waals surface area contributed by atoms with E-state index in [-0.39, 0.29) is 23.9 Å². The molecule has 0 aromatic heterocycles. The van der Waals surface area contributed by atoms with Crippen LogP contribution in [-0.2, 0) is 9.53 Å². The first-order valence-electron chi connectivity index (χ1n) is 3.92. The molecule has 0 aromatic carbocycles. The molecule has 3 heteroatoms. The molecule has 1 rings (SSSR count). The molecule has 1 aliphatic heterocycles. The zero-order valence-electron chi connectivity index (χ0n) is 7.07. The summed E-state index contributed by atoms with van der Waals surface area (Å²) in [7, 11) is 0. The van der Waals surface area contributed by atoms with E-state index < -0.39 is 6.10 Å². The number of aliphatic hydroxyl groups is 1. The average Bonchev–Trinajstić information content (AvgIpc) is 1.97. The Labute approximate surface area is 66.4 Å². The first-order chi connectivity index (χ1) is 5.04. The van der Waals surface area contributed by atoms with Crippen LogP contribution in [0.3, 0.4) is 0 Å². The lowest BCUT2D eigenvalue weighted by Gasteiger charge is -2.34. The van der Waals surface area contributed by atoms with E-state index in [9.17, 15) is 9.90 Å². The van der Waals surface area contributed by atoms with Gasteiger partial charge < -0.3 is 9.84 Å². The first kappa shape index (κ1) is 8.53. The maximum Gasteiger partial charge on any atom is 0.311 e. The zero-order valence-corrected chi connectivity index (χ0v) is 7.07. The van der Waals surface area contributed by atoms with Crippen molar-refractivity contribution in [2.75, 3.05) is 0 Å². The van der Waals surface area contributed by atoms with E-state index >= 15 is 0 Å². The molecular weight excluding hydrogens is 144 g/mol. The summed E-state index contributed by atoms with van der Waals surface area (Å²) in [5.74, 6) is -0.619. The zero-order chi connectivity index (χ0) is 8.59. The Kier molecular flexibility index (Phi) is 2.18. The predicted molar refractivity (Wildman–Crippen MR) is 39.9 cm³/mol. The minimum atomic E-state index is -0.550. The third-order valence-corrected chi connectivity index (χ3v) is 2.47. The number of ether oxygens (including phenoxy) is 1. The molecule has 11 heavy (non-hydrogen) atoms. The predicted octanol–water partition coefficient (Wildman–Crippen LogP) is 0.565. The number of rotatable bonds is 0. The van der Waals surface area contributed by atoms with Gasteiger partial charge in [-0.3, -0.25) is 4.79 Å². The number of carbonyl (C=O) groups is 1. The van der Waals surface area contributed by atoms with Crippen molar-refractivity contribution in [3.05, 3.63) is 0 Å². The van der Waals surface area contributed by atoms with E-state index in [0.29, 0.717) is 0 Å². The van der Waals surface area contributed by atoms with Crippen molar-refractivity contribution in [1.82, 2.24) is 0 Å². The molecule has 1 fully saturated rings. The van der Waals surface area contributed by atoms with Gasteiger partial charge in [-0.15, -0.1) is 0 Å². The largest absolute Gasteiger partial charge is 0.462 e. The highest BCUT2D eigenvalue weighted by molar-refractivity contribution is 5.73. The fourth-order valence-corrected chi connectivity index (χ4v) is 1.27. The van der Waals surface area contributed by atoms with Crippen molar-refractivity contribution in [3.63, 3.8) is 0 Å². The molecule has 0 unspecified atom stereocenters. The SMILES string of the molecule is C[C@@H]1[C@@H](O)[C@H](C)C(=O)O[C@H]1C. The molecule has 0 amide bonds. The summed E-state index contributed by atoms with van der Waals surface area (Å²) in [6.07, 6.45) is -0.708. The van der Waals surface area contributed by atoms with Gasteiger partial charge in [0, 0.05) is 5.92 Å². The number of aliphatic hydroxyl groups excluding tert-OH is 1. The lowest BCUT2D eigenvalue weighted by atomic mass is 9.87. The fourth-order valence-electron chi connectivity index (χ4n) is 1.27. The Morgan fingerprint density at radius 3 is 2.45 bits per heavy atom. The third kappa shape index (κ3) is 1.38. The summed E-state index contributed by atoms with van der Waals surface area (Å²) in [4.78, 5) is 11.0. The summed E-state index contributed by atoms with van der Waals surface area (Å²) in [5.41, 5.74) is 0.